The minimum absolute atomic E-state index is 0.758. The van der Waals surface area contributed by atoms with Crippen LogP contribution in [0, 0.1) is 13.8 Å². The third-order valence-corrected chi connectivity index (χ3v) is 5.07. The standard InChI is InChI=1S/C26H26N4O/c1-18-10-12-24(13-11-18)30(4)29-20(3)25-16-22-15-21(14-19(2)26(22)31-25)17-27-28-23-8-6-5-7-9-23/h5-17,28H,1-4H3/b27-17-,29-20-. The second kappa shape index (κ2) is 8.88. The van der Waals surface area contributed by atoms with Crippen LogP contribution in [0.3, 0.4) is 0 Å². The van der Waals surface area contributed by atoms with Crippen molar-refractivity contribution in [2.45, 2.75) is 20.8 Å². The molecule has 0 saturated carbocycles. The number of nitrogens with one attached hydrogen (secondary N) is 1. The summed E-state index contributed by atoms with van der Waals surface area (Å²) in [5, 5.41) is 11.9. The maximum absolute atomic E-state index is 6.13. The number of fused-ring (bicyclic) bond motifs is 1. The van der Waals surface area contributed by atoms with E-state index in [9.17, 15) is 0 Å². The quantitative estimate of drug-likeness (QED) is 0.297. The van der Waals surface area contributed by atoms with E-state index < -0.39 is 0 Å². The highest BCUT2D eigenvalue weighted by Crippen LogP contribution is 2.25. The molecule has 5 nitrogen and oxygen atoms in total. The van der Waals surface area contributed by atoms with E-state index in [1.54, 1.807) is 0 Å². The SMILES string of the molecule is C/C(=N/N(C)c1ccc(C)cc1)c1cc2cc(/C=N\Nc3ccccc3)cc(C)c2o1. The number of anilines is 2. The number of hydrogen-bond acceptors (Lipinski definition) is 5. The van der Waals surface area contributed by atoms with Crippen molar-refractivity contribution >= 4 is 34.3 Å². The third-order valence-electron chi connectivity index (χ3n) is 5.07. The molecule has 0 unspecified atom stereocenters. The Labute approximate surface area is 182 Å². The van der Waals surface area contributed by atoms with Gasteiger partial charge in [0.2, 0.25) is 0 Å². The average molecular weight is 411 g/mol. The lowest BCUT2D eigenvalue weighted by Crippen LogP contribution is -2.11. The van der Waals surface area contributed by atoms with E-state index in [-0.39, 0.29) is 0 Å². The van der Waals surface area contributed by atoms with Crippen LogP contribution in [0.5, 0.6) is 0 Å². The zero-order valence-corrected chi connectivity index (χ0v) is 18.3. The van der Waals surface area contributed by atoms with Gasteiger partial charge in [-0.25, -0.2) is 0 Å². The van der Waals surface area contributed by atoms with E-state index in [4.69, 9.17) is 9.52 Å². The van der Waals surface area contributed by atoms with E-state index in [0.29, 0.717) is 0 Å². The van der Waals surface area contributed by atoms with E-state index in [0.717, 1.165) is 44.9 Å². The molecule has 0 fully saturated rings. The third kappa shape index (κ3) is 4.83. The van der Waals surface area contributed by atoms with Gasteiger partial charge in [-0.3, -0.25) is 10.4 Å². The van der Waals surface area contributed by atoms with E-state index in [1.807, 2.05) is 68.5 Å². The second-order valence-electron chi connectivity index (χ2n) is 7.65. The van der Waals surface area contributed by atoms with Crippen molar-refractivity contribution in [3.8, 4) is 0 Å². The fourth-order valence-corrected chi connectivity index (χ4v) is 3.40. The molecule has 0 atom stereocenters. The second-order valence-corrected chi connectivity index (χ2v) is 7.65. The first-order valence-corrected chi connectivity index (χ1v) is 10.2. The lowest BCUT2D eigenvalue weighted by atomic mass is 10.1. The smallest absolute Gasteiger partial charge is 0.151 e. The van der Waals surface area contributed by atoms with Gasteiger partial charge in [-0.2, -0.15) is 10.2 Å². The van der Waals surface area contributed by atoms with Gasteiger partial charge < -0.3 is 4.42 Å². The monoisotopic (exact) mass is 410 g/mol. The summed E-state index contributed by atoms with van der Waals surface area (Å²) < 4.78 is 6.13. The number of rotatable bonds is 6. The van der Waals surface area contributed by atoms with E-state index in [1.165, 1.54) is 5.56 Å². The van der Waals surface area contributed by atoms with Gasteiger partial charge in [0.05, 0.1) is 17.6 Å². The van der Waals surface area contributed by atoms with Crippen molar-refractivity contribution < 1.29 is 4.42 Å². The molecule has 1 aromatic heterocycles. The lowest BCUT2D eigenvalue weighted by Gasteiger charge is -2.14. The maximum Gasteiger partial charge on any atom is 0.151 e. The van der Waals surface area contributed by atoms with Crippen molar-refractivity contribution in [2.75, 3.05) is 17.5 Å². The Morgan fingerprint density at radius 3 is 2.45 bits per heavy atom. The molecule has 0 spiro atoms. The summed E-state index contributed by atoms with van der Waals surface area (Å²) in [5.74, 6) is 0.758. The van der Waals surface area contributed by atoms with Crippen LogP contribution in [-0.2, 0) is 0 Å². The Kier molecular flexibility index (Phi) is 5.85. The zero-order valence-electron chi connectivity index (χ0n) is 18.3. The highest BCUT2D eigenvalue weighted by Gasteiger charge is 2.11. The van der Waals surface area contributed by atoms with Gasteiger partial charge >= 0.3 is 0 Å². The van der Waals surface area contributed by atoms with Crippen LogP contribution < -0.4 is 10.4 Å². The first kappa shape index (κ1) is 20.4. The normalized spacial score (nSPS) is 11.9. The van der Waals surface area contributed by atoms with Gasteiger partial charge in [0, 0.05) is 12.4 Å². The lowest BCUT2D eigenvalue weighted by molar-refractivity contribution is 0.601. The summed E-state index contributed by atoms with van der Waals surface area (Å²) >= 11 is 0. The minimum atomic E-state index is 0.758. The molecule has 0 saturated heterocycles. The highest BCUT2D eigenvalue weighted by atomic mass is 16.3. The predicted molar refractivity (Wildman–Crippen MR) is 130 cm³/mol. The summed E-state index contributed by atoms with van der Waals surface area (Å²) in [5.41, 5.74) is 10.0. The Hall–Kier alpha value is -3.86. The van der Waals surface area contributed by atoms with Crippen LogP contribution in [0.4, 0.5) is 11.4 Å². The Morgan fingerprint density at radius 1 is 0.968 bits per heavy atom. The van der Waals surface area contributed by atoms with E-state index >= 15 is 0 Å². The molecule has 0 amide bonds. The van der Waals surface area contributed by atoms with Crippen molar-refractivity contribution in [1.29, 1.82) is 0 Å². The van der Waals surface area contributed by atoms with Crippen LogP contribution >= 0.6 is 0 Å². The molecule has 31 heavy (non-hydrogen) atoms. The fourth-order valence-electron chi connectivity index (χ4n) is 3.40. The number of furan rings is 1. The molecule has 4 aromatic rings. The minimum Gasteiger partial charge on any atom is -0.454 e. The molecule has 0 aliphatic heterocycles. The molecule has 0 aliphatic carbocycles. The largest absolute Gasteiger partial charge is 0.454 e. The summed E-state index contributed by atoms with van der Waals surface area (Å²) in [6, 6.07) is 24.3. The molecular formula is C26H26N4O. The van der Waals surface area contributed by atoms with Crippen molar-refractivity contribution in [2.24, 2.45) is 10.2 Å². The predicted octanol–water partition coefficient (Wildman–Crippen LogP) is 6.36. The van der Waals surface area contributed by atoms with Crippen molar-refractivity contribution in [3.63, 3.8) is 0 Å². The average Bonchev–Trinajstić information content (AvgIpc) is 3.20. The molecule has 0 aliphatic rings. The van der Waals surface area contributed by atoms with Gasteiger partial charge in [0.15, 0.2) is 5.76 Å². The molecule has 3 aromatic carbocycles. The number of benzene rings is 3. The Bertz CT molecular complexity index is 1240. The van der Waals surface area contributed by atoms with Crippen molar-refractivity contribution in [3.05, 3.63) is 95.2 Å². The number of aryl methyl sites for hydroxylation is 2. The first-order valence-electron chi connectivity index (χ1n) is 10.2. The molecule has 1 heterocycles. The van der Waals surface area contributed by atoms with Gasteiger partial charge in [0.25, 0.3) is 0 Å². The van der Waals surface area contributed by atoms with Gasteiger partial charge in [-0.1, -0.05) is 35.9 Å². The van der Waals surface area contributed by atoms with Gasteiger partial charge in [-0.15, -0.1) is 0 Å². The Morgan fingerprint density at radius 2 is 1.71 bits per heavy atom. The highest BCUT2D eigenvalue weighted by molar-refractivity contribution is 6.01. The molecule has 1 N–H and O–H groups in total. The molecule has 5 heteroatoms. The number of hydrazone groups is 2. The van der Waals surface area contributed by atoms with Gasteiger partial charge in [0.1, 0.15) is 11.3 Å². The van der Waals surface area contributed by atoms with Crippen LogP contribution in [0.2, 0.25) is 0 Å². The van der Waals surface area contributed by atoms with Crippen molar-refractivity contribution in [1.82, 2.24) is 0 Å². The summed E-state index contributed by atoms with van der Waals surface area (Å²) in [6.07, 6.45) is 1.82. The summed E-state index contributed by atoms with van der Waals surface area (Å²) in [6.45, 7) is 6.08. The molecule has 0 radical (unpaired) electrons. The Balaban J connectivity index is 1.55. The molecule has 4 rings (SSSR count). The van der Waals surface area contributed by atoms with Crippen LogP contribution in [0.1, 0.15) is 29.4 Å². The molecular weight excluding hydrogens is 384 g/mol. The number of hydrogen-bond donors (Lipinski definition) is 1. The number of nitrogens with zero attached hydrogens (tertiary/aromatic N) is 3. The summed E-state index contributed by atoms with van der Waals surface area (Å²) in [4.78, 5) is 0. The maximum atomic E-state index is 6.13. The summed E-state index contributed by atoms with van der Waals surface area (Å²) in [7, 11) is 1.94. The van der Waals surface area contributed by atoms with Crippen LogP contribution in [0.25, 0.3) is 11.0 Å². The first-order chi connectivity index (χ1) is 15.0. The van der Waals surface area contributed by atoms with Crippen LogP contribution in [0.15, 0.2) is 87.4 Å². The van der Waals surface area contributed by atoms with Gasteiger partial charge in [-0.05, 0) is 74.4 Å². The fraction of sp³-hybridized carbons (Fsp3) is 0.154. The molecule has 0 bridgehead atoms. The number of para-hydroxylation sites is 1. The van der Waals surface area contributed by atoms with Crippen LogP contribution in [-0.4, -0.2) is 19.0 Å². The molecule has 156 valence electrons. The topological polar surface area (TPSA) is 53.1 Å². The van der Waals surface area contributed by atoms with E-state index in [2.05, 4.69) is 53.8 Å². The zero-order chi connectivity index (χ0) is 21.8.